The lowest BCUT2D eigenvalue weighted by molar-refractivity contribution is 0.397. The largest absolute Gasteiger partial charge is 0.496 e. The monoisotopic (exact) mass is 314 g/mol. The average molecular weight is 315 g/mol. The summed E-state index contributed by atoms with van der Waals surface area (Å²) in [5.74, 6) is 5.55. The highest BCUT2D eigenvalue weighted by atomic mass is 35.5. The zero-order valence-corrected chi connectivity index (χ0v) is 12.2. The van der Waals surface area contributed by atoms with Crippen molar-refractivity contribution in [3.63, 3.8) is 0 Å². The summed E-state index contributed by atoms with van der Waals surface area (Å²) in [7, 11) is 1.47. The Hall–Kier alpha value is -1.33. The SMILES string of the molecule is COc1cccc(F)c1C(NN)c1ccc(Cl)c(Cl)c1. The molecule has 1 atom stereocenters. The van der Waals surface area contributed by atoms with Crippen LogP contribution in [0, 0.1) is 5.82 Å². The fraction of sp³-hybridized carbons (Fsp3) is 0.143. The van der Waals surface area contributed by atoms with Crippen molar-refractivity contribution in [3.05, 3.63) is 63.4 Å². The van der Waals surface area contributed by atoms with Crippen molar-refractivity contribution in [1.29, 1.82) is 0 Å². The first kappa shape index (κ1) is 15.1. The van der Waals surface area contributed by atoms with Gasteiger partial charge in [0.25, 0.3) is 0 Å². The summed E-state index contributed by atoms with van der Waals surface area (Å²) in [4.78, 5) is 0. The van der Waals surface area contributed by atoms with E-state index in [1.807, 2.05) is 0 Å². The van der Waals surface area contributed by atoms with Crippen LogP contribution in [-0.2, 0) is 0 Å². The van der Waals surface area contributed by atoms with Crippen LogP contribution in [0.4, 0.5) is 4.39 Å². The number of rotatable bonds is 4. The number of nitrogens with two attached hydrogens (primary N) is 1. The third-order valence-corrected chi connectivity index (χ3v) is 3.70. The molecule has 0 amide bonds. The maximum atomic E-state index is 14.1. The molecule has 0 bridgehead atoms. The Labute approximate surface area is 126 Å². The third-order valence-electron chi connectivity index (χ3n) is 2.97. The number of ether oxygens (including phenoxy) is 1. The summed E-state index contributed by atoms with van der Waals surface area (Å²) in [5.41, 5.74) is 3.58. The molecule has 3 nitrogen and oxygen atoms in total. The third kappa shape index (κ3) is 2.88. The summed E-state index contributed by atoms with van der Waals surface area (Å²) in [6.45, 7) is 0. The minimum Gasteiger partial charge on any atom is -0.496 e. The smallest absolute Gasteiger partial charge is 0.132 e. The van der Waals surface area contributed by atoms with E-state index in [0.29, 0.717) is 26.9 Å². The first-order valence-corrected chi connectivity index (χ1v) is 6.57. The number of hydrogen-bond donors (Lipinski definition) is 2. The second-order valence-corrected chi connectivity index (χ2v) is 4.94. The number of nitrogens with one attached hydrogen (secondary N) is 1. The molecule has 0 radical (unpaired) electrons. The fourth-order valence-corrected chi connectivity index (χ4v) is 2.32. The summed E-state index contributed by atoms with van der Waals surface area (Å²) < 4.78 is 19.3. The quantitative estimate of drug-likeness (QED) is 0.668. The molecule has 106 valence electrons. The lowest BCUT2D eigenvalue weighted by atomic mass is 9.98. The van der Waals surface area contributed by atoms with Gasteiger partial charge in [0.2, 0.25) is 0 Å². The molecule has 3 N–H and O–H groups in total. The zero-order chi connectivity index (χ0) is 14.7. The molecule has 0 spiro atoms. The van der Waals surface area contributed by atoms with E-state index < -0.39 is 11.9 Å². The van der Waals surface area contributed by atoms with Gasteiger partial charge in [-0.1, -0.05) is 35.3 Å². The van der Waals surface area contributed by atoms with E-state index in [-0.39, 0.29) is 0 Å². The highest BCUT2D eigenvalue weighted by Crippen LogP contribution is 2.34. The van der Waals surface area contributed by atoms with Gasteiger partial charge in [-0.15, -0.1) is 0 Å². The summed E-state index contributed by atoms with van der Waals surface area (Å²) in [6.07, 6.45) is 0. The van der Waals surface area contributed by atoms with Gasteiger partial charge in [0.05, 0.1) is 28.8 Å². The van der Waals surface area contributed by atoms with E-state index in [9.17, 15) is 4.39 Å². The predicted octanol–water partition coefficient (Wildman–Crippen LogP) is 3.69. The number of methoxy groups -OCH3 is 1. The molecular weight excluding hydrogens is 302 g/mol. The molecule has 0 aromatic heterocycles. The minimum atomic E-state index is -0.596. The Morgan fingerprint density at radius 1 is 1.20 bits per heavy atom. The first-order valence-electron chi connectivity index (χ1n) is 5.82. The van der Waals surface area contributed by atoms with E-state index in [0.717, 1.165) is 0 Å². The highest BCUT2D eigenvalue weighted by molar-refractivity contribution is 6.42. The first-order chi connectivity index (χ1) is 9.58. The van der Waals surface area contributed by atoms with Gasteiger partial charge in [0, 0.05) is 0 Å². The highest BCUT2D eigenvalue weighted by Gasteiger charge is 2.21. The van der Waals surface area contributed by atoms with Gasteiger partial charge < -0.3 is 4.74 Å². The standard InChI is InChI=1S/C14H13Cl2FN2O/c1-20-12-4-2-3-11(17)13(12)14(19-18)8-5-6-9(15)10(16)7-8/h2-7,14,19H,18H2,1H3. The summed E-state index contributed by atoms with van der Waals surface area (Å²) in [5, 5.41) is 0.798. The maximum absolute atomic E-state index is 14.1. The molecule has 1 unspecified atom stereocenters. The van der Waals surface area contributed by atoms with Gasteiger partial charge in [-0.25, -0.2) is 9.82 Å². The molecule has 0 aliphatic rings. The maximum Gasteiger partial charge on any atom is 0.132 e. The summed E-state index contributed by atoms with van der Waals surface area (Å²) in [6, 6.07) is 8.99. The normalized spacial score (nSPS) is 12.2. The molecule has 2 aromatic carbocycles. The van der Waals surface area contributed by atoms with Gasteiger partial charge in [0.1, 0.15) is 11.6 Å². The lowest BCUT2D eigenvalue weighted by Gasteiger charge is -2.20. The Balaban J connectivity index is 2.55. The molecular formula is C14H13Cl2FN2O. The molecule has 2 aromatic rings. The molecule has 2 rings (SSSR count). The average Bonchev–Trinajstić information content (AvgIpc) is 2.45. The van der Waals surface area contributed by atoms with Crippen LogP contribution in [-0.4, -0.2) is 7.11 Å². The number of hydrogen-bond acceptors (Lipinski definition) is 3. The van der Waals surface area contributed by atoms with Gasteiger partial charge in [-0.2, -0.15) is 0 Å². The van der Waals surface area contributed by atoms with Gasteiger partial charge >= 0.3 is 0 Å². The van der Waals surface area contributed by atoms with Crippen LogP contribution in [0.15, 0.2) is 36.4 Å². The van der Waals surface area contributed by atoms with Gasteiger partial charge in [-0.05, 0) is 29.8 Å². The fourth-order valence-electron chi connectivity index (χ4n) is 2.01. The van der Waals surface area contributed by atoms with Crippen molar-refractivity contribution in [2.75, 3.05) is 7.11 Å². The number of hydrazine groups is 1. The topological polar surface area (TPSA) is 47.3 Å². The van der Waals surface area contributed by atoms with Gasteiger partial charge in [-0.3, -0.25) is 5.84 Å². The molecule has 0 saturated carbocycles. The second-order valence-electron chi connectivity index (χ2n) is 4.13. The number of benzene rings is 2. The van der Waals surface area contributed by atoms with E-state index in [2.05, 4.69) is 5.43 Å². The van der Waals surface area contributed by atoms with Crippen molar-refractivity contribution in [2.45, 2.75) is 6.04 Å². The van der Waals surface area contributed by atoms with Crippen molar-refractivity contribution < 1.29 is 9.13 Å². The van der Waals surface area contributed by atoms with E-state index in [1.165, 1.54) is 13.2 Å². The molecule has 0 aliphatic carbocycles. The second kappa shape index (κ2) is 6.41. The Bertz CT molecular complexity index is 622. The van der Waals surface area contributed by atoms with Crippen molar-refractivity contribution in [3.8, 4) is 5.75 Å². The zero-order valence-electron chi connectivity index (χ0n) is 10.7. The van der Waals surface area contributed by atoms with Crippen molar-refractivity contribution in [2.24, 2.45) is 5.84 Å². The van der Waals surface area contributed by atoms with Crippen LogP contribution in [0.5, 0.6) is 5.75 Å². The summed E-state index contributed by atoms with van der Waals surface area (Å²) >= 11 is 11.9. The molecule has 0 fully saturated rings. The molecule has 0 saturated heterocycles. The van der Waals surface area contributed by atoms with Crippen LogP contribution in [0.25, 0.3) is 0 Å². The Kier molecular flexibility index (Phi) is 4.83. The lowest BCUT2D eigenvalue weighted by Crippen LogP contribution is -2.30. The van der Waals surface area contributed by atoms with Crippen LogP contribution in [0.3, 0.4) is 0 Å². The van der Waals surface area contributed by atoms with Crippen molar-refractivity contribution >= 4 is 23.2 Å². The van der Waals surface area contributed by atoms with E-state index in [4.69, 9.17) is 33.8 Å². The minimum absolute atomic E-state index is 0.316. The van der Waals surface area contributed by atoms with E-state index >= 15 is 0 Å². The molecule has 20 heavy (non-hydrogen) atoms. The molecule has 0 aliphatic heterocycles. The van der Waals surface area contributed by atoms with Crippen LogP contribution >= 0.6 is 23.2 Å². The Morgan fingerprint density at radius 2 is 1.95 bits per heavy atom. The van der Waals surface area contributed by atoms with Crippen LogP contribution < -0.4 is 16.0 Å². The van der Waals surface area contributed by atoms with Gasteiger partial charge in [0.15, 0.2) is 0 Å². The Morgan fingerprint density at radius 3 is 2.55 bits per heavy atom. The number of halogens is 3. The van der Waals surface area contributed by atoms with Crippen LogP contribution in [0.2, 0.25) is 10.0 Å². The predicted molar refractivity (Wildman–Crippen MR) is 78.6 cm³/mol. The molecule has 6 heteroatoms. The van der Waals surface area contributed by atoms with E-state index in [1.54, 1.807) is 30.3 Å². The van der Waals surface area contributed by atoms with Crippen molar-refractivity contribution in [1.82, 2.24) is 5.43 Å². The molecule has 0 heterocycles. The van der Waals surface area contributed by atoms with Crippen LogP contribution in [0.1, 0.15) is 17.2 Å².